The third-order valence-corrected chi connectivity index (χ3v) is 7.75. The van der Waals surface area contributed by atoms with Crippen LogP contribution in [0.4, 0.5) is 0 Å². The zero-order valence-electron chi connectivity index (χ0n) is 21.9. The summed E-state index contributed by atoms with van der Waals surface area (Å²) in [6, 6.07) is 40.3. The molecule has 5 heteroatoms. The average molecular weight is 530 g/mol. The van der Waals surface area contributed by atoms with Crippen molar-refractivity contribution in [3.05, 3.63) is 132 Å². The van der Waals surface area contributed by atoms with Crippen molar-refractivity contribution in [2.75, 3.05) is 0 Å². The molecule has 2 aromatic heterocycles. The third-order valence-electron chi connectivity index (χ3n) is 7.75. The fraction of sp³-hybridized carbons (Fsp3) is 0. The Morgan fingerprint density at radius 1 is 0.537 bits per heavy atom. The zero-order valence-corrected chi connectivity index (χ0v) is 21.9. The SMILES string of the molecule is N=C(/N=C(\N)c1cccc2oc3cc(-c4ccc5ccccc5c4)ccc3c12)c1cccc2oc3ccccc3c12. The number of amidine groups is 2. The highest BCUT2D eigenvalue weighted by atomic mass is 16.3. The maximum absolute atomic E-state index is 8.89. The van der Waals surface area contributed by atoms with Crippen LogP contribution in [0.5, 0.6) is 0 Å². The van der Waals surface area contributed by atoms with Crippen LogP contribution in [0, 0.1) is 5.41 Å². The van der Waals surface area contributed by atoms with E-state index in [-0.39, 0.29) is 11.7 Å². The van der Waals surface area contributed by atoms with Crippen molar-refractivity contribution in [3.8, 4) is 11.1 Å². The van der Waals surface area contributed by atoms with E-state index in [1.54, 1.807) is 0 Å². The van der Waals surface area contributed by atoms with Crippen molar-refractivity contribution in [3.63, 3.8) is 0 Å². The molecule has 0 aliphatic heterocycles. The van der Waals surface area contributed by atoms with E-state index in [0.29, 0.717) is 11.1 Å². The van der Waals surface area contributed by atoms with E-state index in [0.717, 1.165) is 55.0 Å². The smallest absolute Gasteiger partial charge is 0.154 e. The zero-order chi connectivity index (χ0) is 27.5. The van der Waals surface area contributed by atoms with Crippen molar-refractivity contribution in [2.24, 2.45) is 10.7 Å². The first-order chi connectivity index (χ1) is 20.1. The van der Waals surface area contributed by atoms with E-state index in [1.807, 2.05) is 60.7 Å². The van der Waals surface area contributed by atoms with Gasteiger partial charge in [-0.2, -0.15) is 0 Å². The maximum atomic E-state index is 8.89. The molecule has 0 saturated carbocycles. The molecule has 41 heavy (non-hydrogen) atoms. The highest BCUT2D eigenvalue weighted by molar-refractivity contribution is 6.23. The van der Waals surface area contributed by atoms with Crippen LogP contribution >= 0.6 is 0 Å². The molecule has 8 rings (SSSR count). The summed E-state index contributed by atoms with van der Waals surface area (Å²) >= 11 is 0. The number of nitrogens with one attached hydrogen (secondary N) is 1. The molecule has 0 spiro atoms. The molecule has 0 aliphatic carbocycles. The quantitative estimate of drug-likeness (QED) is 0.177. The lowest BCUT2D eigenvalue weighted by molar-refractivity contribution is 0.668. The van der Waals surface area contributed by atoms with E-state index >= 15 is 0 Å². The number of hydrogen-bond acceptors (Lipinski definition) is 3. The van der Waals surface area contributed by atoms with Crippen molar-refractivity contribution in [1.29, 1.82) is 5.41 Å². The van der Waals surface area contributed by atoms with Crippen LogP contribution in [0.2, 0.25) is 0 Å². The highest BCUT2D eigenvalue weighted by Gasteiger charge is 2.17. The Labute approximate surface area is 234 Å². The summed E-state index contributed by atoms with van der Waals surface area (Å²) in [5.74, 6) is 0.328. The molecular formula is C36H23N3O2. The Morgan fingerprint density at radius 3 is 2.00 bits per heavy atom. The molecule has 0 bridgehead atoms. The van der Waals surface area contributed by atoms with Crippen molar-refractivity contribution >= 4 is 66.3 Å². The first-order valence-corrected chi connectivity index (χ1v) is 13.4. The second-order valence-electron chi connectivity index (χ2n) is 10.2. The first-order valence-electron chi connectivity index (χ1n) is 13.4. The van der Waals surface area contributed by atoms with Gasteiger partial charge < -0.3 is 14.6 Å². The summed E-state index contributed by atoms with van der Waals surface area (Å²) < 4.78 is 12.3. The fourth-order valence-electron chi connectivity index (χ4n) is 5.80. The van der Waals surface area contributed by atoms with Crippen LogP contribution in [0.25, 0.3) is 65.8 Å². The van der Waals surface area contributed by atoms with Crippen LogP contribution in [0.15, 0.2) is 135 Å². The normalized spacial score (nSPS) is 12.2. The van der Waals surface area contributed by atoms with Gasteiger partial charge in [0.15, 0.2) is 5.84 Å². The average Bonchev–Trinajstić information content (AvgIpc) is 3.58. The fourth-order valence-corrected chi connectivity index (χ4v) is 5.80. The van der Waals surface area contributed by atoms with Crippen LogP contribution in [-0.4, -0.2) is 11.7 Å². The molecule has 0 amide bonds. The maximum Gasteiger partial charge on any atom is 0.154 e. The van der Waals surface area contributed by atoms with Gasteiger partial charge in [0, 0.05) is 32.7 Å². The lowest BCUT2D eigenvalue weighted by atomic mass is 9.99. The molecular weight excluding hydrogens is 506 g/mol. The van der Waals surface area contributed by atoms with E-state index in [2.05, 4.69) is 65.7 Å². The largest absolute Gasteiger partial charge is 0.456 e. The molecule has 0 aliphatic rings. The minimum Gasteiger partial charge on any atom is -0.456 e. The van der Waals surface area contributed by atoms with Crippen molar-refractivity contribution < 1.29 is 8.83 Å². The Morgan fingerprint density at radius 2 is 1.15 bits per heavy atom. The van der Waals surface area contributed by atoms with Crippen LogP contribution in [0.1, 0.15) is 11.1 Å². The second-order valence-corrected chi connectivity index (χ2v) is 10.2. The van der Waals surface area contributed by atoms with Gasteiger partial charge >= 0.3 is 0 Å². The first kappa shape index (κ1) is 23.2. The molecule has 0 saturated heterocycles. The molecule has 0 atom stereocenters. The summed E-state index contributed by atoms with van der Waals surface area (Å²) in [6.45, 7) is 0. The van der Waals surface area contributed by atoms with Gasteiger partial charge in [0.2, 0.25) is 0 Å². The Kier molecular flexibility index (Phi) is 5.06. The topological polar surface area (TPSA) is 88.5 Å². The van der Waals surface area contributed by atoms with Gasteiger partial charge in [-0.05, 0) is 58.3 Å². The van der Waals surface area contributed by atoms with Gasteiger partial charge in [0.25, 0.3) is 0 Å². The summed E-state index contributed by atoms with van der Waals surface area (Å²) in [4.78, 5) is 4.58. The van der Waals surface area contributed by atoms with Crippen LogP contribution < -0.4 is 5.73 Å². The minimum absolute atomic E-state index is 0.0723. The number of nitrogens with zero attached hydrogens (tertiary/aromatic N) is 1. The molecule has 0 fully saturated rings. The highest BCUT2D eigenvalue weighted by Crippen LogP contribution is 2.35. The standard InChI is InChI=1S/C36H23N3O2/c37-35(27-10-5-13-30-33(27)25-9-3-4-12-29(25)40-30)39-36(38)28-11-6-14-31-34(28)26-18-17-24(20-32(26)41-31)23-16-15-21-7-1-2-8-22(21)19-23/h1-20H,(H3,37,38,39). The summed E-state index contributed by atoms with van der Waals surface area (Å²) in [5.41, 5.74) is 13.2. The minimum atomic E-state index is 0.0723. The van der Waals surface area contributed by atoms with E-state index in [1.165, 1.54) is 10.8 Å². The van der Waals surface area contributed by atoms with E-state index < -0.39 is 0 Å². The molecule has 8 aromatic rings. The molecule has 5 nitrogen and oxygen atoms in total. The number of fused-ring (bicyclic) bond motifs is 7. The summed E-state index contributed by atoms with van der Waals surface area (Å²) in [5, 5.41) is 14.9. The number of rotatable bonds is 3. The van der Waals surface area contributed by atoms with E-state index in [9.17, 15) is 0 Å². The van der Waals surface area contributed by atoms with Gasteiger partial charge in [-0.1, -0.05) is 84.9 Å². The van der Waals surface area contributed by atoms with E-state index in [4.69, 9.17) is 20.0 Å². The molecule has 0 radical (unpaired) electrons. The monoisotopic (exact) mass is 529 g/mol. The molecule has 6 aromatic carbocycles. The molecule has 0 unspecified atom stereocenters. The number of aliphatic imine (C=N–C) groups is 1. The predicted octanol–water partition coefficient (Wildman–Crippen LogP) is 9.04. The van der Waals surface area contributed by atoms with Crippen molar-refractivity contribution in [1.82, 2.24) is 0 Å². The van der Waals surface area contributed by atoms with Gasteiger partial charge in [-0.3, -0.25) is 5.41 Å². The Bertz CT molecular complexity index is 2360. The van der Waals surface area contributed by atoms with Crippen LogP contribution in [-0.2, 0) is 0 Å². The summed E-state index contributed by atoms with van der Waals surface area (Å²) in [6.07, 6.45) is 0. The van der Waals surface area contributed by atoms with Gasteiger partial charge in [-0.15, -0.1) is 0 Å². The van der Waals surface area contributed by atoms with Crippen LogP contribution in [0.3, 0.4) is 0 Å². The van der Waals surface area contributed by atoms with Gasteiger partial charge in [-0.25, -0.2) is 4.99 Å². The molecule has 3 N–H and O–H groups in total. The number of nitrogens with two attached hydrogens (primary N) is 1. The lowest BCUT2D eigenvalue weighted by Gasteiger charge is -2.06. The number of hydrogen-bond donors (Lipinski definition) is 2. The summed E-state index contributed by atoms with van der Waals surface area (Å²) in [7, 11) is 0. The second kappa shape index (κ2) is 8.93. The third kappa shape index (κ3) is 3.71. The van der Waals surface area contributed by atoms with Gasteiger partial charge in [0.05, 0.1) is 0 Å². The molecule has 194 valence electrons. The lowest BCUT2D eigenvalue weighted by Crippen LogP contribution is -2.16. The predicted molar refractivity (Wildman–Crippen MR) is 168 cm³/mol. The Hall–Kier alpha value is -5.68. The van der Waals surface area contributed by atoms with Crippen molar-refractivity contribution in [2.45, 2.75) is 0 Å². The number of benzene rings is 6. The number of para-hydroxylation sites is 1. The Balaban J connectivity index is 1.22. The molecule has 2 heterocycles. The number of furan rings is 2. The van der Waals surface area contributed by atoms with Gasteiger partial charge in [0.1, 0.15) is 28.2 Å².